The molecule has 152 valence electrons. The van der Waals surface area contributed by atoms with Gasteiger partial charge in [0.15, 0.2) is 5.96 Å². The Morgan fingerprint density at radius 3 is 2.82 bits per heavy atom. The first-order chi connectivity index (χ1) is 13.2. The highest BCUT2D eigenvalue weighted by Gasteiger charge is 2.18. The SMILES string of the molecule is CN=C(NCc1ccnc(N2CCOC(C)C2)c1)NCc1ccccc1F.I. The summed E-state index contributed by atoms with van der Waals surface area (Å²) in [6, 6.07) is 10.8. The lowest BCUT2D eigenvalue weighted by atomic mass is 10.2. The fourth-order valence-electron chi connectivity index (χ4n) is 3.00. The normalized spacial score (nSPS) is 17.0. The third-order valence-corrected chi connectivity index (χ3v) is 4.46. The Morgan fingerprint density at radius 2 is 2.07 bits per heavy atom. The summed E-state index contributed by atoms with van der Waals surface area (Å²) in [5.41, 5.74) is 1.71. The van der Waals surface area contributed by atoms with E-state index in [0.29, 0.717) is 24.6 Å². The Bertz CT molecular complexity index is 789. The van der Waals surface area contributed by atoms with E-state index in [-0.39, 0.29) is 35.9 Å². The first kappa shape index (κ1) is 22.4. The molecule has 3 rings (SSSR count). The molecule has 2 heterocycles. The quantitative estimate of drug-likeness (QED) is 0.377. The molecular weight excluding hydrogens is 472 g/mol. The smallest absolute Gasteiger partial charge is 0.191 e. The zero-order valence-electron chi connectivity index (χ0n) is 16.2. The predicted octanol–water partition coefficient (Wildman–Crippen LogP) is 2.93. The van der Waals surface area contributed by atoms with Crippen LogP contribution in [0.4, 0.5) is 10.2 Å². The highest BCUT2D eigenvalue weighted by molar-refractivity contribution is 14.0. The average molecular weight is 499 g/mol. The van der Waals surface area contributed by atoms with Crippen LogP contribution in [0.2, 0.25) is 0 Å². The molecule has 0 amide bonds. The van der Waals surface area contributed by atoms with Gasteiger partial charge >= 0.3 is 0 Å². The Balaban J connectivity index is 0.00000280. The third-order valence-electron chi connectivity index (χ3n) is 4.46. The minimum atomic E-state index is -0.223. The number of halogens is 2. The lowest BCUT2D eigenvalue weighted by molar-refractivity contribution is 0.0529. The van der Waals surface area contributed by atoms with Crippen LogP contribution in [-0.2, 0) is 17.8 Å². The maximum atomic E-state index is 13.7. The zero-order chi connectivity index (χ0) is 19.1. The average Bonchev–Trinajstić information content (AvgIpc) is 2.69. The topological polar surface area (TPSA) is 61.8 Å². The molecule has 8 heteroatoms. The van der Waals surface area contributed by atoms with Crippen molar-refractivity contribution in [3.05, 3.63) is 59.5 Å². The molecule has 2 N–H and O–H groups in total. The van der Waals surface area contributed by atoms with E-state index in [1.165, 1.54) is 6.07 Å². The van der Waals surface area contributed by atoms with Crippen molar-refractivity contribution in [2.24, 2.45) is 4.99 Å². The number of nitrogens with zero attached hydrogens (tertiary/aromatic N) is 3. The highest BCUT2D eigenvalue weighted by Crippen LogP contribution is 2.16. The van der Waals surface area contributed by atoms with Gasteiger partial charge in [-0.1, -0.05) is 18.2 Å². The van der Waals surface area contributed by atoms with Crippen molar-refractivity contribution >= 4 is 35.8 Å². The van der Waals surface area contributed by atoms with Gasteiger partial charge in [-0.3, -0.25) is 4.99 Å². The summed E-state index contributed by atoms with van der Waals surface area (Å²) in [5, 5.41) is 6.40. The predicted molar refractivity (Wildman–Crippen MR) is 121 cm³/mol. The van der Waals surface area contributed by atoms with E-state index >= 15 is 0 Å². The van der Waals surface area contributed by atoms with Gasteiger partial charge in [0.05, 0.1) is 12.7 Å². The van der Waals surface area contributed by atoms with Crippen LogP contribution in [0.3, 0.4) is 0 Å². The van der Waals surface area contributed by atoms with Gasteiger partial charge < -0.3 is 20.3 Å². The summed E-state index contributed by atoms with van der Waals surface area (Å²) in [5.74, 6) is 1.36. The van der Waals surface area contributed by atoms with Gasteiger partial charge in [0.25, 0.3) is 0 Å². The largest absolute Gasteiger partial charge is 0.375 e. The molecular formula is C20H27FIN5O. The fraction of sp³-hybridized carbons (Fsp3) is 0.400. The van der Waals surface area contributed by atoms with E-state index in [2.05, 4.69) is 38.5 Å². The molecule has 1 fully saturated rings. The maximum absolute atomic E-state index is 13.7. The number of aromatic nitrogens is 1. The number of hydrogen-bond donors (Lipinski definition) is 2. The second-order valence-electron chi connectivity index (χ2n) is 6.52. The van der Waals surface area contributed by atoms with E-state index in [9.17, 15) is 4.39 Å². The minimum absolute atomic E-state index is 0. The third kappa shape index (κ3) is 6.30. The molecule has 0 radical (unpaired) electrons. The lowest BCUT2D eigenvalue weighted by Gasteiger charge is -2.32. The van der Waals surface area contributed by atoms with Crippen molar-refractivity contribution in [1.29, 1.82) is 0 Å². The standard InChI is InChI=1S/C20H26FN5O.HI/c1-15-14-26(9-10-27-15)19-11-16(7-8-23-19)12-24-20(22-2)25-13-17-5-3-4-6-18(17)21;/h3-8,11,15H,9-10,12-14H2,1-2H3,(H2,22,24,25);1H. The van der Waals surface area contributed by atoms with Gasteiger partial charge in [-0.15, -0.1) is 24.0 Å². The molecule has 0 spiro atoms. The van der Waals surface area contributed by atoms with Gasteiger partial charge in [0, 0.05) is 45.0 Å². The van der Waals surface area contributed by atoms with Crippen LogP contribution < -0.4 is 15.5 Å². The zero-order valence-corrected chi connectivity index (χ0v) is 18.5. The number of benzene rings is 1. The summed E-state index contributed by atoms with van der Waals surface area (Å²) in [6.07, 6.45) is 2.03. The number of nitrogens with one attached hydrogen (secondary N) is 2. The molecule has 2 aromatic rings. The number of pyridine rings is 1. The van der Waals surface area contributed by atoms with Crippen molar-refractivity contribution in [3.8, 4) is 0 Å². The van der Waals surface area contributed by atoms with E-state index in [0.717, 1.165) is 31.1 Å². The van der Waals surface area contributed by atoms with Crippen LogP contribution in [-0.4, -0.2) is 43.8 Å². The number of rotatable bonds is 5. The van der Waals surface area contributed by atoms with Crippen LogP contribution in [0, 0.1) is 5.82 Å². The van der Waals surface area contributed by atoms with Crippen molar-refractivity contribution in [1.82, 2.24) is 15.6 Å². The molecule has 1 atom stereocenters. The molecule has 1 aromatic heterocycles. The fourth-order valence-corrected chi connectivity index (χ4v) is 3.00. The first-order valence-corrected chi connectivity index (χ1v) is 9.15. The van der Waals surface area contributed by atoms with E-state index < -0.39 is 0 Å². The maximum Gasteiger partial charge on any atom is 0.191 e. The van der Waals surface area contributed by atoms with Gasteiger partial charge in [-0.05, 0) is 30.7 Å². The molecule has 1 saturated heterocycles. The number of morpholine rings is 1. The summed E-state index contributed by atoms with van der Waals surface area (Å²) in [7, 11) is 1.70. The Labute approximate surface area is 182 Å². The molecule has 0 bridgehead atoms. The Kier molecular flexibility index (Phi) is 8.91. The van der Waals surface area contributed by atoms with Crippen molar-refractivity contribution < 1.29 is 9.13 Å². The van der Waals surface area contributed by atoms with Crippen LogP contribution in [0.5, 0.6) is 0 Å². The lowest BCUT2D eigenvalue weighted by Crippen LogP contribution is -2.41. The molecule has 6 nitrogen and oxygen atoms in total. The van der Waals surface area contributed by atoms with Crippen molar-refractivity contribution in [2.45, 2.75) is 26.1 Å². The number of hydrogen-bond acceptors (Lipinski definition) is 4. The van der Waals surface area contributed by atoms with E-state index in [1.807, 2.05) is 18.3 Å². The van der Waals surface area contributed by atoms with Gasteiger partial charge in [0.2, 0.25) is 0 Å². The van der Waals surface area contributed by atoms with Crippen molar-refractivity contribution in [3.63, 3.8) is 0 Å². The number of anilines is 1. The monoisotopic (exact) mass is 499 g/mol. The van der Waals surface area contributed by atoms with Gasteiger partial charge in [-0.2, -0.15) is 0 Å². The van der Waals surface area contributed by atoms with Crippen LogP contribution in [0.25, 0.3) is 0 Å². The molecule has 1 aliphatic heterocycles. The summed E-state index contributed by atoms with van der Waals surface area (Å²) in [6.45, 7) is 5.46. The summed E-state index contributed by atoms with van der Waals surface area (Å²) < 4.78 is 19.3. The van der Waals surface area contributed by atoms with Gasteiger partial charge in [0.1, 0.15) is 11.6 Å². The first-order valence-electron chi connectivity index (χ1n) is 9.15. The molecule has 1 aromatic carbocycles. The summed E-state index contributed by atoms with van der Waals surface area (Å²) >= 11 is 0. The molecule has 1 aliphatic rings. The van der Waals surface area contributed by atoms with E-state index in [4.69, 9.17) is 4.74 Å². The van der Waals surface area contributed by atoms with E-state index in [1.54, 1.807) is 19.2 Å². The number of ether oxygens (including phenoxy) is 1. The minimum Gasteiger partial charge on any atom is -0.375 e. The second-order valence-corrected chi connectivity index (χ2v) is 6.52. The Hall–Kier alpha value is -1.94. The number of guanidine groups is 1. The Morgan fingerprint density at radius 1 is 1.29 bits per heavy atom. The van der Waals surface area contributed by atoms with Crippen LogP contribution in [0.1, 0.15) is 18.1 Å². The molecule has 0 aliphatic carbocycles. The number of aliphatic imine (C=N–C) groups is 1. The van der Waals surface area contributed by atoms with Crippen LogP contribution >= 0.6 is 24.0 Å². The summed E-state index contributed by atoms with van der Waals surface area (Å²) in [4.78, 5) is 10.9. The van der Waals surface area contributed by atoms with Gasteiger partial charge in [-0.25, -0.2) is 9.37 Å². The molecule has 0 saturated carbocycles. The molecule has 1 unspecified atom stereocenters. The van der Waals surface area contributed by atoms with Crippen molar-refractivity contribution in [2.75, 3.05) is 31.6 Å². The molecule has 28 heavy (non-hydrogen) atoms. The second kappa shape index (κ2) is 11.2. The highest BCUT2D eigenvalue weighted by atomic mass is 127. The van der Waals surface area contributed by atoms with Crippen LogP contribution in [0.15, 0.2) is 47.6 Å².